The normalized spacial score (nSPS) is 18.9. The summed E-state index contributed by atoms with van der Waals surface area (Å²) in [4.78, 5) is 2.06. The van der Waals surface area contributed by atoms with Gasteiger partial charge in [0.25, 0.3) is 0 Å². The Hall–Kier alpha value is -0.320. The maximum absolute atomic E-state index is 5.83. The van der Waals surface area contributed by atoms with E-state index in [-0.39, 0.29) is 6.23 Å². The molecule has 1 aliphatic rings. The average molecular weight is 283 g/mol. The van der Waals surface area contributed by atoms with E-state index in [2.05, 4.69) is 59.6 Å². The predicted molar refractivity (Wildman–Crippen MR) is 82.5 cm³/mol. The van der Waals surface area contributed by atoms with Crippen LogP contribution in [0.5, 0.6) is 5.75 Å². The minimum absolute atomic E-state index is 0.106. The molecular formula is C14H21NOS2. The summed E-state index contributed by atoms with van der Waals surface area (Å²) < 4.78 is 6.44. The summed E-state index contributed by atoms with van der Waals surface area (Å²) >= 11 is 4.11. The van der Waals surface area contributed by atoms with Gasteiger partial charge in [0.15, 0.2) is 0 Å². The molecule has 1 unspecified atom stereocenters. The van der Waals surface area contributed by atoms with Gasteiger partial charge in [-0.2, -0.15) is 0 Å². The molecule has 0 amide bonds. The number of benzene rings is 1. The van der Waals surface area contributed by atoms with E-state index in [1.165, 1.54) is 23.5 Å². The van der Waals surface area contributed by atoms with Gasteiger partial charge in [0.05, 0.1) is 4.58 Å². The fourth-order valence-corrected chi connectivity index (χ4v) is 4.58. The van der Waals surface area contributed by atoms with Gasteiger partial charge in [-0.15, -0.1) is 23.5 Å². The molecule has 0 bridgehead atoms. The molecule has 0 saturated carbocycles. The van der Waals surface area contributed by atoms with Gasteiger partial charge in [0.1, 0.15) is 12.0 Å². The minimum atomic E-state index is 0.106. The highest BCUT2D eigenvalue weighted by Crippen LogP contribution is 2.43. The van der Waals surface area contributed by atoms with Crippen molar-refractivity contribution in [3.63, 3.8) is 0 Å². The quantitative estimate of drug-likeness (QED) is 0.778. The Labute approximate surface area is 118 Å². The zero-order valence-corrected chi connectivity index (χ0v) is 12.9. The molecule has 0 radical (unpaired) electrons. The van der Waals surface area contributed by atoms with Crippen LogP contribution in [0.3, 0.4) is 0 Å². The Morgan fingerprint density at radius 1 is 1.17 bits per heavy atom. The lowest BCUT2D eigenvalue weighted by Crippen LogP contribution is -2.30. The van der Waals surface area contributed by atoms with Crippen LogP contribution in [0.15, 0.2) is 24.3 Å². The largest absolute Gasteiger partial charge is 0.475 e. The van der Waals surface area contributed by atoms with Crippen LogP contribution in [-0.4, -0.2) is 36.7 Å². The molecule has 1 aliphatic heterocycles. The molecule has 1 aromatic carbocycles. The second-order valence-corrected chi connectivity index (χ2v) is 7.40. The van der Waals surface area contributed by atoms with E-state index < -0.39 is 0 Å². The summed E-state index contributed by atoms with van der Waals surface area (Å²) in [6.07, 6.45) is 1.45. The van der Waals surface area contributed by atoms with Crippen LogP contribution < -0.4 is 4.74 Å². The fourth-order valence-electron chi connectivity index (χ4n) is 1.69. The molecule has 2 rings (SSSR count). The number of hydrogen-bond acceptors (Lipinski definition) is 4. The smallest absolute Gasteiger partial charge is 0.149 e. The van der Waals surface area contributed by atoms with Crippen LogP contribution in [0.25, 0.3) is 0 Å². The Kier molecular flexibility index (Phi) is 5.27. The van der Waals surface area contributed by atoms with Gasteiger partial charge < -0.3 is 4.74 Å². The molecule has 4 heteroatoms. The summed E-state index contributed by atoms with van der Waals surface area (Å²) in [6, 6.07) is 8.58. The van der Waals surface area contributed by atoms with Crippen molar-refractivity contribution in [3.8, 4) is 5.75 Å². The molecule has 1 heterocycles. The van der Waals surface area contributed by atoms with Gasteiger partial charge in [-0.25, -0.2) is 0 Å². The first-order valence-electron chi connectivity index (χ1n) is 6.33. The van der Waals surface area contributed by atoms with E-state index in [1.54, 1.807) is 0 Å². The van der Waals surface area contributed by atoms with E-state index in [1.807, 2.05) is 14.1 Å². The van der Waals surface area contributed by atoms with Crippen LogP contribution in [0.4, 0.5) is 0 Å². The zero-order chi connectivity index (χ0) is 13.0. The summed E-state index contributed by atoms with van der Waals surface area (Å²) in [7, 11) is 4.04. The summed E-state index contributed by atoms with van der Waals surface area (Å²) in [6.45, 7) is 2.06. The second-order valence-electron chi connectivity index (χ2n) is 4.68. The second kappa shape index (κ2) is 6.73. The molecule has 1 saturated heterocycles. The lowest BCUT2D eigenvalue weighted by molar-refractivity contribution is 0.0815. The van der Waals surface area contributed by atoms with Gasteiger partial charge in [-0.1, -0.05) is 12.1 Å². The van der Waals surface area contributed by atoms with Crippen molar-refractivity contribution < 1.29 is 4.74 Å². The number of thioether (sulfide) groups is 2. The maximum Gasteiger partial charge on any atom is 0.149 e. The first kappa shape index (κ1) is 14.1. The summed E-state index contributed by atoms with van der Waals surface area (Å²) in [5.74, 6) is 3.52. The third kappa shape index (κ3) is 3.84. The Bertz CT molecular complexity index is 361. The highest BCUT2D eigenvalue weighted by atomic mass is 32.2. The first-order valence-corrected chi connectivity index (χ1v) is 8.43. The molecule has 0 spiro atoms. The third-order valence-corrected chi connectivity index (χ3v) is 6.03. The van der Waals surface area contributed by atoms with Crippen LogP contribution in [0.2, 0.25) is 0 Å². The van der Waals surface area contributed by atoms with Crippen molar-refractivity contribution >= 4 is 23.5 Å². The number of rotatable bonds is 4. The van der Waals surface area contributed by atoms with E-state index in [4.69, 9.17) is 4.74 Å². The molecule has 2 nitrogen and oxygen atoms in total. The molecule has 0 aliphatic carbocycles. The van der Waals surface area contributed by atoms with Gasteiger partial charge in [-0.05, 0) is 56.6 Å². The zero-order valence-electron chi connectivity index (χ0n) is 11.3. The van der Waals surface area contributed by atoms with Gasteiger partial charge in [0, 0.05) is 0 Å². The highest BCUT2D eigenvalue weighted by Gasteiger charge is 2.16. The number of ether oxygens (including phenoxy) is 1. The standard InChI is InChI=1S/C14H21NOS2/c1-11(15(2)3)16-13-7-5-12(6-8-13)14-17-9-4-10-18-14/h5-8,11,14H,4,9-10H2,1-3H3. The summed E-state index contributed by atoms with van der Waals surface area (Å²) in [5, 5.41) is 0. The Morgan fingerprint density at radius 2 is 1.78 bits per heavy atom. The van der Waals surface area contributed by atoms with Crippen LogP contribution in [-0.2, 0) is 0 Å². The fraction of sp³-hybridized carbons (Fsp3) is 0.571. The van der Waals surface area contributed by atoms with E-state index >= 15 is 0 Å². The average Bonchev–Trinajstić information content (AvgIpc) is 2.40. The van der Waals surface area contributed by atoms with E-state index in [0.29, 0.717) is 4.58 Å². The van der Waals surface area contributed by atoms with Crippen molar-refractivity contribution in [3.05, 3.63) is 29.8 Å². The van der Waals surface area contributed by atoms with Crippen LogP contribution >= 0.6 is 23.5 Å². The number of hydrogen-bond donors (Lipinski definition) is 0. The van der Waals surface area contributed by atoms with Crippen LogP contribution in [0.1, 0.15) is 23.5 Å². The minimum Gasteiger partial charge on any atom is -0.475 e. The Balaban J connectivity index is 1.96. The Morgan fingerprint density at radius 3 is 2.33 bits per heavy atom. The highest BCUT2D eigenvalue weighted by molar-refractivity contribution is 8.16. The number of nitrogens with zero attached hydrogens (tertiary/aromatic N) is 1. The van der Waals surface area contributed by atoms with Gasteiger partial charge >= 0.3 is 0 Å². The van der Waals surface area contributed by atoms with Crippen molar-refractivity contribution in [2.24, 2.45) is 0 Å². The van der Waals surface area contributed by atoms with Crippen molar-refractivity contribution in [2.45, 2.75) is 24.2 Å². The van der Waals surface area contributed by atoms with Crippen molar-refractivity contribution in [1.82, 2.24) is 4.90 Å². The molecule has 0 aromatic heterocycles. The first-order chi connectivity index (χ1) is 8.66. The van der Waals surface area contributed by atoms with E-state index in [9.17, 15) is 0 Å². The molecule has 0 N–H and O–H groups in total. The van der Waals surface area contributed by atoms with Crippen molar-refractivity contribution in [1.29, 1.82) is 0 Å². The molecule has 1 aromatic rings. The molecule has 1 atom stereocenters. The maximum atomic E-state index is 5.83. The van der Waals surface area contributed by atoms with E-state index in [0.717, 1.165) is 5.75 Å². The molecule has 1 fully saturated rings. The SMILES string of the molecule is CC(Oc1ccc(C2SCCCS2)cc1)N(C)C. The van der Waals surface area contributed by atoms with Gasteiger partial charge in [-0.3, -0.25) is 4.90 Å². The summed E-state index contributed by atoms with van der Waals surface area (Å²) in [5.41, 5.74) is 1.41. The molecular weight excluding hydrogens is 262 g/mol. The monoisotopic (exact) mass is 283 g/mol. The van der Waals surface area contributed by atoms with Gasteiger partial charge in [0.2, 0.25) is 0 Å². The lowest BCUT2D eigenvalue weighted by atomic mass is 10.2. The predicted octanol–water partition coefficient (Wildman–Crippen LogP) is 3.84. The molecule has 18 heavy (non-hydrogen) atoms. The lowest BCUT2D eigenvalue weighted by Gasteiger charge is -2.23. The van der Waals surface area contributed by atoms with Crippen LogP contribution in [0, 0.1) is 0 Å². The molecule has 100 valence electrons. The third-order valence-electron chi connectivity index (χ3n) is 3.01. The van der Waals surface area contributed by atoms with Crippen molar-refractivity contribution in [2.75, 3.05) is 25.6 Å². The topological polar surface area (TPSA) is 12.5 Å².